The first kappa shape index (κ1) is 19.4. The van der Waals surface area contributed by atoms with Gasteiger partial charge in [0.05, 0.1) is 0 Å². The summed E-state index contributed by atoms with van der Waals surface area (Å²) in [5, 5.41) is 3.35. The fourth-order valence-corrected chi connectivity index (χ4v) is 4.08. The highest BCUT2D eigenvalue weighted by molar-refractivity contribution is 7.15. The van der Waals surface area contributed by atoms with Gasteiger partial charge in [0.1, 0.15) is 5.75 Å². The predicted octanol–water partition coefficient (Wildman–Crippen LogP) is 3.87. The van der Waals surface area contributed by atoms with Crippen LogP contribution in [0.3, 0.4) is 0 Å². The van der Waals surface area contributed by atoms with Crippen molar-refractivity contribution in [2.45, 2.75) is 52.1 Å². The van der Waals surface area contributed by atoms with Crippen LogP contribution in [0.4, 0.5) is 5.13 Å². The van der Waals surface area contributed by atoms with Crippen LogP contribution in [-0.2, 0) is 4.79 Å². The summed E-state index contributed by atoms with van der Waals surface area (Å²) in [7, 11) is 0. The normalized spacial score (nSPS) is 19.6. The van der Waals surface area contributed by atoms with Gasteiger partial charge in [0.15, 0.2) is 11.7 Å². The molecule has 2 aromatic rings. The summed E-state index contributed by atoms with van der Waals surface area (Å²) in [6, 6.07) is 7.29. The highest BCUT2D eigenvalue weighted by Gasteiger charge is 2.28. The molecule has 1 aliphatic rings. The second-order valence-corrected chi connectivity index (χ2v) is 8.21. The lowest BCUT2D eigenvalue weighted by molar-refractivity contribution is -0.139. The molecule has 0 aliphatic carbocycles. The Balaban J connectivity index is 1.54. The van der Waals surface area contributed by atoms with Crippen molar-refractivity contribution in [2.75, 3.05) is 11.9 Å². The molecule has 1 aromatic heterocycles. The number of nitrogens with zero attached hydrogens (tertiary/aromatic N) is 2. The number of ether oxygens (including phenoxy) is 1. The Morgan fingerprint density at radius 2 is 1.89 bits per heavy atom. The Bertz CT molecular complexity index is 793. The molecule has 3 rings (SSSR count). The Kier molecular flexibility index (Phi) is 6.11. The lowest BCUT2D eigenvalue weighted by Crippen LogP contribution is -2.49. The molecule has 1 fully saturated rings. The van der Waals surface area contributed by atoms with Crippen LogP contribution in [0.5, 0.6) is 5.75 Å². The largest absolute Gasteiger partial charge is 0.484 e. The van der Waals surface area contributed by atoms with Crippen molar-refractivity contribution in [3.8, 4) is 5.75 Å². The molecular weight excluding hydrogens is 362 g/mol. The van der Waals surface area contributed by atoms with Crippen LogP contribution >= 0.6 is 11.3 Å². The highest BCUT2D eigenvalue weighted by Crippen LogP contribution is 2.23. The van der Waals surface area contributed by atoms with Crippen LogP contribution in [0, 0.1) is 6.92 Å². The van der Waals surface area contributed by atoms with Gasteiger partial charge in [-0.1, -0.05) is 0 Å². The maximum Gasteiger partial charge on any atom is 0.260 e. The van der Waals surface area contributed by atoms with Crippen molar-refractivity contribution in [3.05, 3.63) is 40.9 Å². The third kappa shape index (κ3) is 4.86. The molecule has 2 atom stereocenters. The number of thiazole rings is 1. The minimum absolute atomic E-state index is 0.00987. The van der Waals surface area contributed by atoms with Gasteiger partial charge in [-0.25, -0.2) is 4.98 Å². The second-order valence-electron chi connectivity index (χ2n) is 6.97. The van der Waals surface area contributed by atoms with Gasteiger partial charge in [-0.15, -0.1) is 11.3 Å². The molecule has 6 nitrogen and oxygen atoms in total. The number of likely N-dealkylation sites (tertiary alicyclic amines) is 1. The maximum atomic E-state index is 12.5. The molecule has 0 bridgehead atoms. The molecule has 1 saturated heterocycles. The monoisotopic (exact) mass is 387 g/mol. The fraction of sp³-hybridized carbons (Fsp3) is 0.450. The minimum Gasteiger partial charge on any atom is -0.484 e. The van der Waals surface area contributed by atoms with Gasteiger partial charge in [0, 0.05) is 28.7 Å². The molecule has 2 amide bonds. The van der Waals surface area contributed by atoms with E-state index in [1.165, 1.54) is 11.3 Å². The van der Waals surface area contributed by atoms with Crippen molar-refractivity contribution in [1.82, 2.24) is 9.88 Å². The van der Waals surface area contributed by atoms with E-state index < -0.39 is 0 Å². The molecule has 1 N–H and O–H groups in total. The van der Waals surface area contributed by atoms with Crippen LogP contribution in [0.2, 0.25) is 0 Å². The van der Waals surface area contributed by atoms with Crippen LogP contribution < -0.4 is 10.1 Å². The average Bonchev–Trinajstić information content (AvgIpc) is 3.05. The van der Waals surface area contributed by atoms with Crippen molar-refractivity contribution in [3.63, 3.8) is 0 Å². The number of anilines is 1. The Labute approximate surface area is 163 Å². The summed E-state index contributed by atoms with van der Waals surface area (Å²) in [6.07, 6.45) is 4.96. The summed E-state index contributed by atoms with van der Waals surface area (Å²) < 4.78 is 5.64. The number of carbonyl (C=O) groups excluding carboxylic acids is 2. The van der Waals surface area contributed by atoms with E-state index in [0.717, 1.165) is 24.1 Å². The van der Waals surface area contributed by atoms with Crippen molar-refractivity contribution >= 4 is 28.3 Å². The first-order chi connectivity index (χ1) is 12.9. The van der Waals surface area contributed by atoms with Gasteiger partial charge in [-0.3, -0.25) is 14.9 Å². The van der Waals surface area contributed by atoms with E-state index in [1.807, 2.05) is 11.8 Å². The van der Waals surface area contributed by atoms with Crippen LogP contribution in [0.25, 0.3) is 0 Å². The van der Waals surface area contributed by atoms with Gasteiger partial charge >= 0.3 is 0 Å². The van der Waals surface area contributed by atoms with Gasteiger partial charge < -0.3 is 9.64 Å². The van der Waals surface area contributed by atoms with Crippen molar-refractivity contribution in [2.24, 2.45) is 0 Å². The van der Waals surface area contributed by atoms with Gasteiger partial charge in [-0.05, 0) is 64.3 Å². The summed E-state index contributed by atoms with van der Waals surface area (Å²) in [5.74, 6) is 0.362. The fourth-order valence-electron chi connectivity index (χ4n) is 3.42. The lowest BCUT2D eigenvalue weighted by Gasteiger charge is -2.38. The minimum atomic E-state index is -0.219. The first-order valence-electron chi connectivity index (χ1n) is 9.22. The number of amides is 2. The van der Waals surface area contributed by atoms with E-state index in [1.54, 1.807) is 30.5 Å². The molecule has 27 heavy (non-hydrogen) atoms. The van der Waals surface area contributed by atoms with E-state index in [0.29, 0.717) is 16.4 Å². The standard InChI is InChI=1S/C20H25N3O3S/c1-13-5-4-6-14(2)23(13)18(24)12-26-17-9-7-16(8-10-17)19(25)22-20-21-11-15(3)27-20/h7-11,13-14H,4-6,12H2,1-3H3,(H,21,22,25). The van der Waals surface area contributed by atoms with E-state index in [2.05, 4.69) is 24.1 Å². The van der Waals surface area contributed by atoms with E-state index >= 15 is 0 Å². The number of benzene rings is 1. The topological polar surface area (TPSA) is 71.5 Å². The third-order valence-corrected chi connectivity index (χ3v) is 5.63. The molecule has 144 valence electrons. The van der Waals surface area contributed by atoms with Gasteiger partial charge in [0.2, 0.25) is 0 Å². The first-order valence-corrected chi connectivity index (χ1v) is 10.0. The molecule has 0 radical (unpaired) electrons. The molecule has 0 saturated carbocycles. The average molecular weight is 388 g/mol. The maximum absolute atomic E-state index is 12.5. The number of aromatic nitrogens is 1. The van der Waals surface area contributed by atoms with Crippen LogP contribution in [0.1, 0.15) is 48.3 Å². The van der Waals surface area contributed by atoms with Gasteiger partial charge in [-0.2, -0.15) is 0 Å². The quantitative estimate of drug-likeness (QED) is 0.845. The molecule has 1 aliphatic heterocycles. The molecule has 7 heteroatoms. The summed E-state index contributed by atoms with van der Waals surface area (Å²) in [4.78, 5) is 31.8. The third-order valence-electron chi connectivity index (χ3n) is 4.80. The number of piperidine rings is 1. The number of hydrogen-bond donors (Lipinski definition) is 1. The Morgan fingerprint density at radius 3 is 2.48 bits per heavy atom. The summed E-state index contributed by atoms with van der Waals surface area (Å²) in [6.45, 7) is 6.13. The lowest BCUT2D eigenvalue weighted by atomic mass is 9.97. The predicted molar refractivity (Wildman–Crippen MR) is 106 cm³/mol. The van der Waals surface area contributed by atoms with E-state index in [9.17, 15) is 9.59 Å². The van der Waals surface area contributed by atoms with E-state index in [4.69, 9.17) is 4.74 Å². The number of rotatable bonds is 5. The molecule has 0 spiro atoms. The van der Waals surface area contributed by atoms with Gasteiger partial charge in [0.25, 0.3) is 11.8 Å². The van der Waals surface area contributed by atoms with Crippen molar-refractivity contribution < 1.29 is 14.3 Å². The number of nitrogens with one attached hydrogen (secondary N) is 1. The number of aryl methyl sites for hydroxylation is 1. The second kappa shape index (κ2) is 8.52. The molecule has 2 heterocycles. The molecular formula is C20H25N3O3S. The SMILES string of the molecule is Cc1cnc(NC(=O)c2ccc(OCC(=O)N3C(C)CCCC3C)cc2)s1. The number of carbonyl (C=O) groups is 2. The van der Waals surface area contributed by atoms with Crippen LogP contribution in [-0.4, -0.2) is 40.4 Å². The van der Waals surface area contributed by atoms with Crippen molar-refractivity contribution in [1.29, 1.82) is 0 Å². The molecule has 2 unspecified atom stereocenters. The smallest absolute Gasteiger partial charge is 0.260 e. The van der Waals surface area contributed by atoms with E-state index in [-0.39, 0.29) is 30.5 Å². The van der Waals surface area contributed by atoms with Crippen LogP contribution in [0.15, 0.2) is 30.5 Å². The summed E-state index contributed by atoms with van der Waals surface area (Å²) >= 11 is 1.43. The zero-order valence-electron chi connectivity index (χ0n) is 15.9. The zero-order chi connectivity index (χ0) is 19.4. The Hall–Kier alpha value is -2.41. The molecule has 1 aromatic carbocycles. The Morgan fingerprint density at radius 1 is 1.22 bits per heavy atom. The zero-order valence-corrected chi connectivity index (χ0v) is 16.7. The number of hydrogen-bond acceptors (Lipinski definition) is 5. The highest BCUT2D eigenvalue weighted by atomic mass is 32.1. The summed E-state index contributed by atoms with van der Waals surface area (Å²) in [5.41, 5.74) is 0.514.